The van der Waals surface area contributed by atoms with E-state index in [0.29, 0.717) is 29.2 Å². The third kappa shape index (κ3) is 4.18. The van der Waals surface area contributed by atoms with Crippen molar-refractivity contribution in [3.63, 3.8) is 0 Å². The van der Waals surface area contributed by atoms with Crippen LogP contribution >= 0.6 is 15.9 Å². The third-order valence-electron chi connectivity index (χ3n) is 6.36. The lowest BCUT2D eigenvalue weighted by molar-refractivity contribution is -0.130. The summed E-state index contributed by atoms with van der Waals surface area (Å²) in [5.74, 6) is 1.00. The predicted octanol–water partition coefficient (Wildman–Crippen LogP) is 5.67. The average molecular weight is 546 g/mol. The van der Waals surface area contributed by atoms with E-state index in [1.54, 1.807) is 20.3 Å². The molecule has 8 heteroatoms. The number of aromatic nitrogens is 1. The van der Waals surface area contributed by atoms with Crippen LogP contribution in [-0.4, -0.2) is 35.8 Å². The highest BCUT2D eigenvalue weighted by atomic mass is 79.9. The Bertz CT molecular complexity index is 1560. The first-order valence-electron chi connectivity index (χ1n) is 11.4. The summed E-state index contributed by atoms with van der Waals surface area (Å²) in [5.41, 5.74) is 3.91. The summed E-state index contributed by atoms with van der Waals surface area (Å²) in [7, 11) is 3.16. The Balaban J connectivity index is 1.72. The number of carbonyl (C=O) groups excluding carboxylic acids is 1. The molecular formula is C28H24BrN3O4. The monoisotopic (exact) mass is 545 g/mol. The van der Waals surface area contributed by atoms with Crippen LogP contribution in [-0.2, 0) is 4.79 Å². The van der Waals surface area contributed by atoms with Gasteiger partial charge in [0.1, 0.15) is 11.5 Å². The summed E-state index contributed by atoms with van der Waals surface area (Å²) in [4.78, 5) is 29.2. The number of pyridine rings is 1. The highest BCUT2D eigenvalue weighted by Gasteiger charge is 2.35. The molecule has 4 aromatic rings. The van der Waals surface area contributed by atoms with Crippen molar-refractivity contribution in [2.24, 2.45) is 5.10 Å². The zero-order valence-corrected chi connectivity index (χ0v) is 21.6. The molecule has 0 saturated carbocycles. The summed E-state index contributed by atoms with van der Waals surface area (Å²) >= 11 is 3.56. The first kappa shape index (κ1) is 23.8. The van der Waals surface area contributed by atoms with E-state index in [1.807, 2.05) is 60.7 Å². The molecule has 1 aromatic heterocycles. The van der Waals surface area contributed by atoms with Crippen LogP contribution in [0, 0.1) is 0 Å². The number of carbonyl (C=O) groups is 1. The van der Waals surface area contributed by atoms with Crippen LogP contribution in [0.15, 0.2) is 81.1 Å². The van der Waals surface area contributed by atoms with Gasteiger partial charge in [0, 0.05) is 45.9 Å². The number of ether oxygens (including phenoxy) is 2. The molecule has 0 fully saturated rings. The molecule has 1 N–H and O–H groups in total. The number of H-pyrrole nitrogens is 1. The van der Waals surface area contributed by atoms with Gasteiger partial charge in [0.05, 0.1) is 31.5 Å². The minimum absolute atomic E-state index is 0.228. The van der Waals surface area contributed by atoms with Crippen molar-refractivity contribution in [3.05, 3.63) is 92.7 Å². The van der Waals surface area contributed by atoms with Crippen molar-refractivity contribution in [3.8, 4) is 22.6 Å². The zero-order chi connectivity index (χ0) is 25.4. The zero-order valence-electron chi connectivity index (χ0n) is 20.0. The molecule has 36 heavy (non-hydrogen) atoms. The molecule has 1 atom stereocenters. The lowest BCUT2D eigenvalue weighted by Gasteiger charge is -2.22. The average Bonchev–Trinajstić information content (AvgIpc) is 3.33. The summed E-state index contributed by atoms with van der Waals surface area (Å²) in [6, 6.07) is 20.6. The van der Waals surface area contributed by atoms with Gasteiger partial charge in [-0.3, -0.25) is 9.59 Å². The van der Waals surface area contributed by atoms with Gasteiger partial charge in [-0.15, -0.1) is 0 Å². The van der Waals surface area contributed by atoms with Crippen molar-refractivity contribution in [1.82, 2.24) is 9.99 Å². The number of nitrogens with one attached hydrogen (secondary N) is 1. The number of aromatic amines is 1. The second-order valence-corrected chi connectivity index (χ2v) is 9.41. The highest BCUT2D eigenvalue weighted by Crippen LogP contribution is 2.41. The molecule has 1 unspecified atom stereocenters. The van der Waals surface area contributed by atoms with E-state index in [4.69, 9.17) is 14.6 Å². The van der Waals surface area contributed by atoms with E-state index in [2.05, 4.69) is 20.9 Å². The molecule has 5 rings (SSSR count). The van der Waals surface area contributed by atoms with Gasteiger partial charge in [-0.05, 0) is 35.9 Å². The molecule has 0 saturated heterocycles. The largest absolute Gasteiger partial charge is 0.497 e. The Labute approximate surface area is 216 Å². The summed E-state index contributed by atoms with van der Waals surface area (Å²) < 4.78 is 11.8. The topological polar surface area (TPSA) is 84.0 Å². The van der Waals surface area contributed by atoms with Gasteiger partial charge >= 0.3 is 0 Å². The van der Waals surface area contributed by atoms with Crippen molar-refractivity contribution in [1.29, 1.82) is 0 Å². The quantitative estimate of drug-likeness (QED) is 0.350. The van der Waals surface area contributed by atoms with Gasteiger partial charge in [-0.2, -0.15) is 5.10 Å². The van der Waals surface area contributed by atoms with Crippen LogP contribution in [0.3, 0.4) is 0 Å². The Morgan fingerprint density at radius 1 is 1.03 bits per heavy atom. The van der Waals surface area contributed by atoms with Crippen LogP contribution in [0.5, 0.6) is 11.5 Å². The van der Waals surface area contributed by atoms with Crippen molar-refractivity contribution in [2.75, 3.05) is 14.2 Å². The first-order valence-corrected chi connectivity index (χ1v) is 12.2. The standard InChI is InChI=1S/C28H24BrN3O4/c1-16(33)32-24(20-11-10-19(35-2)14-25(20)36-3)15-23(31-32)27-26(17-7-5-4-6-8-17)21-13-18(29)9-12-22(21)30-28(27)34/h4-14,24H,15H2,1-3H3,(H,30,34). The number of amides is 1. The number of rotatable bonds is 5. The second-order valence-electron chi connectivity index (χ2n) is 8.50. The van der Waals surface area contributed by atoms with Crippen LogP contribution in [0.2, 0.25) is 0 Å². The van der Waals surface area contributed by atoms with Gasteiger partial charge in [0.25, 0.3) is 5.56 Å². The highest BCUT2D eigenvalue weighted by molar-refractivity contribution is 9.10. The van der Waals surface area contributed by atoms with Gasteiger partial charge in [0.2, 0.25) is 5.91 Å². The maximum absolute atomic E-state index is 13.5. The molecule has 0 radical (unpaired) electrons. The Hall–Kier alpha value is -3.91. The Morgan fingerprint density at radius 2 is 1.81 bits per heavy atom. The molecular weight excluding hydrogens is 522 g/mol. The molecule has 3 aromatic carbocycles. The van der Waals surface area contributed by atoms with E-state index >= 15 is 0 Å². The van der Waals surface area contributed by atoms with Crippen LogP contribution < -0.4 is 15.0 Å². The van der Waals surface area contributed by atoms with E-state index < -0.39 is 6.04 Å². The lowest BCUT2D eigenvalue weighted by atomic mass is 9.91. The number of nitrogens with zero attached hydrogens (tertiary/aromatic N) is 2. The summed E-state index contributed by atoms with van der Waals surface area (Å²) in [6.45, 7) is 1.47. The Kier molecular flexibility index (Phi) is 6.36. The molecule has 1 aliphatic heterocycles. The fourth-order valence-corrected chi connectivity index (χ4v) is 5.09. The van der Waals surface area contributed by atoms with Crippen LogP contribution in [0.4, 0.5) is 0 Å². The van der Waals surface area contributed by atoms with E-state index in [1.165, 1.54) is 11.9 Å². The maximum atomic E-state index is 13.5. The van der Waals surface area contributed by atoms with E-state index in [-0.39, 0.29) is 11.5 Å². The molecule has 7 nitrogen and oxygen atoms in total. The van der Waals surface area contributed by atoms with Crippen molar-refractivity contribution in [2.45, 2.75) is 19.4 Å². The fourth-order valence-electron chi connectivity index (χ4n) is 4.73. The van der Waals surface area contributed by atoms with Crippen molar-refractivity contribution < 1.29 is 14.3 Å². The van der Waals surface area contributed by atoms with Gasteiger partial charge in [-0.1, -0.05) is 46.3 Å². The molecule has 1 aliphatic rings. The third-order valence-corrected chi connectivity index (χ3v) is 6.85. The molecule has 2 heterocycles. The number of benzene rings is 3. The molecule has 1 amide bonds. The first-order chi connectivity index (χ1) is 17.4. The lowest BCUT2D eigenvalue weighted by Crippen LogP contribution is -2.24. The number of hydrazone groups is 1. The number of halogens is 1. The van der Waals surface area contributed by atoms with E-state index in [9.17, 15) is 9.59 Å². The van der Waals surface area contributed by atoms with Crippen LogP contribution in [0.25, 0.3) is 22.0 Å². The SMILES string of the molecule is COc1ccc(C2CC(c3c(-c4ccccc4)c4cc(Br)ccc4[nH]c3=O)=NN2C(C)=O)c(OC)c1. The molecule has 0 aliphatic carbocycles. The smallest absolute Gasteiger partial charge is 0.258 e. The number of hydrogen-bond donors (Lipinski definition) is 1. The molecule has 0 spiro atoms. The summed E-state index contributed by atoms with van der Waals surface area (Å²) in [6.07, 6.45) is 0.352. The van der Waals surface area contributed by atoms with Crippen LogP contribution in [0.1, 0.15) is 30.5 Å². The fraction of sp³-hybridized carbons (Fsp3) is 0.179. The Morgan fingerprint density at radius 3 is 2.50 bits per heavy atom. The normalized spacial score (nSPS) is 15.2. The molecule has 0 bridgehead atoms. The van der Waals surface area contributed by atoms with E-state index in [0.717, 1.165) is 32.1 Å². The van der Waals surface area contributed by atoms with Crippen molar-refractivity contribution >= 4 is 38.5 Å². The van der Waals surface area contributed by atoms with Gasteiger partial charge < -0.3 is 14.5 Å². The minimum Gasteiger partial charge on any atom is -0.497 e. The van der Waals surface area contributed by atoms with Gasteiger partial charge in [-0.25, -0.2) is 5.01 Å². The minimum atomic E-state index is -0.431. The molecule has 182 valence electrons. The maximum Gasteiger partial charge on any atom is 0.258 e. The number of fused-ring (bicyclic) bond motifs is 1. The van der Waals surface area contributed by atoms with Gasteiger partial charge in [0.15, 0.2) is 0 Å². The summed E-state index contributed by atoms with van der Waals surface area (Å²) in [5, 5.41) is 7.00. The number of hydrogen-bond acceptors (Lipinski definition) is 5. The number of methoxy groups -OCH3 is 2. The second kappa shape index (κ2) is 9.62. The predicted molar refractivity (Wildman–Crippen MR) is 144 cm³/mol.